The number of carbonyl (C=O) groups excluding carboxylic acids is 1. The fraction of sp³-hybridized carbons (Fsp3) is 0.167. The lowest BCUT2D eigenvalue weighted by molar-refractivity contribution is -0.0885. The number of Topliss-reactive ketones (excluding diaryl/α,β-unsaturated/α-hetero) is 1. The molecular formula is C12H8F4N2O. The quantitative estimate of drug-likeness (QED) is 0.622. The van der Waals surface area contributed by atoms with Crippen LogP contribution in [-0.4, -0.2) is 21.7 Å². The van der Waals surface area contributed by atoms with Gasteiger partial charge < -0.3 is 0 Å². The Morgan fingerprint density at radius 1 is 1.26 bits per heavy atom. The van der Waals surface area contributed by atoms with Crippen LogP contribution in [0.15, 0.2) is 30.5 Å². The lowest BCUT2D eigenvalue weighted by Crippen LogP contribution is -2.24. The lowest BCUT2D eigenvalue weighted by atomic mass is 10.1. The number of nitrogens with zero attached hydrogens (tertiary/aromatic N) is 2. The van der Waals surface area contributed by atoms with Crippen molar-refractivity contribution in [3.8, 4) is 5.69 Å². The molecular weight excluding hydrogens is 264 g/mol. The third kappa shape index (κ3) is 2.49. The fourth-order valence-corrected chi connectivity index (χ4v) is 1.65. The standard InChI is InChI=1S/C12H8F4N2O/c1-7-4-5-17-18(7)10-6-8(13)2-3-9(10)11(19)12(14,15)16/h2-6H,1H3. The molecule has 0 aliphatic heterocycles. The molecule has 7 heteroatoms. The van der Waals surface area contributed by atoms with Gasteiger partial charge in [0.05, 0.1) is 11.3 Å². The molecule has 1 aromatic carbocycles. The predicted octanol–water partition coefficient (Wildman–Crippen LogP) is 3.06. The molecule has 0 unspecified atom stereocenters. The molecule has 100 valence electrons. The summed E-state index contributed by atoms with van der Waals surface area (Å²) in [5, 5.41) is 3.78. The maximum absolute atomic E-state index is 13.2. The number of hydrogen-bond acceptors (Lipinski definition) is 2. The normalized spacial score (nSPS) is 11.6. The molecule has 0 fully saturated rings. The minimum Gasteiger partial charge on any atom is -0.284 e. The van der Waals surface area contributed by atoms with E-state index in [0.29, 0.717) is 5.69 Å². The van der Waals surface area contributed by atoms with Crippen LogP contribution in [0, 0.1) is 12.7 Å². The molecule has 0 spiro atoms. The van der Waals surface area contributed by atoms with Crippen molar-refractivity contribution in [3.63, 3.8) is 0 Å². The molecule has 0 aliphatic rings. The fourth-order valence-electron chi connectivity index (χ4n) is 1.65. The zero-order valence-corrected chi connectivity index (χ0v) is 9.70. The summed E-state index contributed by atoms with van der Waals surface area (Å²) < 4.78 is 51.7. The summed E-state index contributed by atoms with van der Waals surface area (Å²) in [7, 11) is 0. The van der Waals surface area contributed by atoms with E-state index in [1.54, 1.807) is 6.92 Å². The zero-order chi connectivity index (χ0) is 14.2. The summed E-state index contributed by atoms with van der Waals surface area (Å²) in [5.74, 6) is -2.78. The van der Waals surface area contributed by atoms with E-state index in [9.17, 15) is 22.4 Å². The average Bonchev–Trinajstić information content (AvgIpc) is 2.73. The molecule has 2 aromatic rings. The van der Waals surface area contributed by atoms with Crippen LogP contribution >= 0.6 is 0 Å². The van der Waals surface area contributed by atoms with Gasteiger partial charge in [-0.15, -0.1) is 0 Å². The first-order valence-corrected chi connectivity index (χ1v) is 5.23. The molecule has 1 aromatic heterocycles. The minimum atomic E-state index is -5.02. The van der Waals surface area contributed by atoms with Crippen molar-refractivity contribution in [2.45, 2.75) is 13.1 Å². The molecule has 1 heterocycles. The first-order valence-electron chi connectivity index (χ1n) is 5.23. The van der Waals surface area contributed by atoms with Crippen LogP contribution in [0.3, 0.4) is 0 Å². The van der Waals surface area contributed by atoms with E-state index in [2.05, 4.69) is 5.10 Å². The lowest BCUT2D eigenvalue weighted by Gasteiger charge is -2.12. The summed E-state index contributed by atoms with van der Waals surface area (Å²) in [4.78, 5) is 11.3. The number of rotatable bonds is 2. The van der Waals surface area contributed by atoms with Gasteiger partial charge in [-0.2, -0.15) is 18.3 Å². The Morgan fingerprint density at radius 2 is 1.95 bits per heavy atom. The Bertz CT molecular complexity index is 631. The molecule has 0 aliphatic carbocycles. The van der Waals surface area contributed by atoms with E-state index >= 15 is 0 Å². The second-order valence-corrected chi connectivity index (χ2v) is 3.87. The topological polar surface area (TPSA) is 34.9 Å². The van der Waals surface area contributed by atoms with Crippen LogP contribution < -0.4 is 0 Å². The van der Waals surface area contributed by atoms with Crippen molar-refractivity contribution in [3.05, 3.63) is 47.5 Å². The molecule has 0 bridgehead atoms. The highest BCUT2D eigenvalue weighted by molar-refractivity contribution is 6.03. The van der Waals surface area contributed by atoms with Gasteiger partial charge in [0.2, 0.25) is 0 Å². The van der Waals surface area contributed by atoms with Gasteiger partial charge in [0.25, 0.3) is 5.78 Å². The van der Waals surface area contributed by atoms with Crippen molar-refractivity contribution in [2.75, 3.05) is 0 Å². The third-order valence-electron chi connectivity index (χ3n) is 2.52. The number of aromatic nitrogens is 2. The SMILES string of the molecule is Cc1ccnn1-c1cc(F)ccc1C(=O)C(F)(F)F. The Morgan fingerprint density at radius 3 is 2.47 bits per heavy atom. The van der Waals surface area contributed by atoms with Gasteiger partial charge in [-0.1, -0.05) is 0 Å². The van der Waals surface area contributed by atoms with E-state index < -0.39 is 23.3 Å². The van der Waals surface area contributed by atoms with Crippen molar-refractivity contribution >= 4 is 5.78 Å². The molecule has 0 atom stereocenters. The van der Waals surface area contributed by atoms with E-state index in [1.165, 1.54) is 12.3 Å². The minimum absolute atomic E-state index is 0.232. The van der Waals surface area contributed by atoms with Crippen LogP contribution in [0.4, 0.5) is 17.6 Å². The predicted molar refractivity (Wildman–Crippen MR) is 58.6 cm³/mol. The summed E-state index contributed by atoms with van der Waals surface area (Å²) in [5.41, 5.74) is -0.382. The number of aryl methyl sites for hydroxylation is 1. The van der Waals surface area contributed by atoms with Gasteiger partial charge >= 0.3 is 6.18 Å². The highest BCUT2D eigenvalue weighted by Gasteiger charge is 2.40. The summed E-state index contributed by atoms with van der Waals surface area (Å²) in [6, 6.07) is 3.99. The number of alkyl halides is 3. The summed E-state index contributed by atoms with van der Waals surface area (Å²) in [6.07, 6.45) is -3.67. The average molecular weight is 272 g/mol. The van der Waals surface area contributed by atoms with Gasteiger partial charge in [0, 0.05) is 18.0 Å². The Balaban J connectivity index is 2.64. The monoisotopic (exact) mass is 272 g/mol. The number of ketones is 1. The van der Waals surface area contributed by atoms with Gasteiger partial charge in [0.1, 0.15) is 5.82 Å². The van der Waals surface area contributed by atoms with Crippen molar-refractivity contribution < 1.29 is 22.4 Å². The molecule has 0 amide bonds. The molecule has 0 radical (unpaired) electrons. The maximum atomic E-state index is 13.2. The highest BCUT2D eigenvalue weighted by Crippen LogP contribution is 2.26. The number of hydrogen-bond donors (Lipinski definition) is 0. The van der Waals surface area contributed by atoms with Crippen molar-refractivity contribution in [1.82, 2.24) is 9.78 Å². The number of carbonyl (C=O) groups is 1. The first-order chi connectivity index (χ1) is 8.80. The largest absolute Gasteiger partial charge is 0.454 e. The van der Waals surface area contributed by atoms with Gasteiger partial charge in [-0.25, -0.2) is 9.07 Å². The maximum Gasteiger partial charge on any atom is 0.454 e. The van der Waals surface area contributed by atoms with Crippen LogP contribution in [0.25, 0.3) is 5.69 Å². The van der Waals surface area contributed by atoms with Crippen LogP contribution in [0.2, 0.25) is 0 Å². The Kier molecular flexibility index (Phi) is 3.13. The smallest absolute Gasteiger partial charge is 0.284 e. The molecule has 0 N–H and O–H groups in total. The van der Waals surface area contributed by atoms with Crippen LogP contribution in [0.1, 0.15) is 16.1 Å². The second kappa shape index (κ2) is 4.49. The molecule has 3 nitrogen and oxygen atoms in total. The van der Waals surface area contributed by atoms with E-state index in [4.69, 9.17) is 0 Å². The van der Waals surface area contributed by atoms with Crippen molar-refractivity contribution in [1.29, 1.82) is 0 Å². The second-order valence-electron chi connectivity index (χ2n) is 3.87. The Labute approximate surface area is 105 Å². The summed E-state index contributed by atoms with van der Waals surface area (Å²) in [6.45, 7) is 1.58. The molecule has 19 heavy (non-hydrogen) atoms. The molecule has 2 rings (SSSR count). The first kappa shape index (κ1) is 13.3. The van der Waals surface area contributed by atoms with E-state index in [0.717, 1.165) is 22.9 Å². The highest BCUT2D eigenvalue weighted by atomic mass is 19.4. The zero-order valence-electron chi connectivity index (χ0n) is 9.70. The van der Waals surface area contributed by atoms with Crippen LogP contribution in [-0.2, 0) is 0 Å². The van der Waals surface area contributed by atoms with Crippen molar-refractivity contribution in [2.24, 2.45) is 0 Å². The van der Waals surface area contributed by atoms with Crippen LogP contribution in [0.5, 0.6) is 0 Å². The third-order valence-corrected chi connectivity index (χ3v) is 2.52. The molecule has 0 saturated carbocycles. The van der Waals surface area contributed by atoms with Gasteiger partial charge in [-0.05, 0) is 25.1 Å². The number of benzene rings is 1. The molecule has 0 saturated heterocycles. The van der Waals surface area contributed by atoms with E-state index in [-0.39, 0.29) is 5.69 Å². The number of halogens is 4. The summed E-state index contributed by atoms with van der Waals surface area (Å²) >= 11 is 0. The van der Waals surface area contributed by atoms with E-state index in [1.807, 2.05) is 0 Å². The van der Waals surface area contributed by atoms with Gasteiger partial charge in [0.15, 0.2) is 0 Å². The Hall–Kier alpha value is -2.18. The van der Waals surface area contributed by atoms with Gasteiger partial charge in [-0.3, -0.25) is 4.79 Å².